The van der Waals surface area contributed by atoms with Crippen molar-refractivity contribution in [2.45, 2.75) is 39.1 Å². The Balaban J connectivity index is 2.51. The highest BCUT2D eigenvalue weighted by Crippen LogP contribution is 2.77. The predicted molar refractivity (Wildman–Crippen MR) is 71.4 cm³/mol. The van der Waals surface area contributed by atoms with Crippen LogP contribution in [-0.4, -0.2) is 31.6 Å². The van der Waals surface area contributed by atoms with E-state index in [2.05, 4.69) is 0 Å². The highest BCUT2D eigenvalue weighted by molar-refractivity contribution is 5.87. The molecule has 0 saturated heterocycles. The Kier molecular flexibility index (Phi) is 2.96. The summed E-state index contributed by atoms with van der Waals surface area (Å²) in [7, 11) is 2.96. The zero-order valence-electron chi connectivity index (χ0n) is 12.4. The van der Waals surface area contributed by atoms with E-state index in [0.717, 1.165) is 0 Å². The maximum Gasteiger partial charge on any atom is 0.318 e. The molecule has 2 aliphatic rings. The molecule has 0 aromatic carbocycles. The molecule has 0 N–H and O–H groups in total. The Morgan fingerprint density at radius 3 is 2.00 bits per heavy atom. The minimum absolute atomic E-state index is 0.324. The van der Waals surface area contributed by atoms with Gasteiger partial charge in [-0.3, -0.25) is 4.79 Å². The van der Waals surface area contributed by atoms with Crippen LogP contribution >= 0.6 is 0 Å². The van der Waals surface area contributed by atoms with E-state index in [4.69, 9.17) is 14.2 Å². The Hall–Kier alpha value is -1.13. The Labute approximate surface area is 114 Å². The number of ether oxygens (including phenoxy) is 3. The quantitative estimate of drug-likeness (QED) is 0.581. The van der Waals surface area contributed by atoms with Crippen molar-refractivity contribution in [3.63, 3.8) is 0 Å². The van der Waals surface area contributed by atoms with Gasteiger partial charge < -0.3 is 14.2 Å². The molecule has 106 valence electrons. The van der Waals surface area contributed by atoms with Gasteiger partial charge in [-0.15, -0.1) is 0 Å². The van der Waals surface area contributed by atoms with Crippen molar-refractivity contribution >= 4 is 5.97 Å². The van der Waals surface area contributed by atoms with E-state index in [1.54, 1.807) is 7.11 Å². The average molecular weight is 266 g/mol. The first-order valence-corrected chi connectivity index (χ1v) is 6.41. The highest BCUT2D eigenvalue weighted by Gasteiger charge is 2.91. The molecule has 19 heavy (non-hydrogen) atoms. The van der Waals surface area contributed by atoms with Crippen molar-refractivity contribution in [3.05, 3.63) is 24.3 Å². The second kappa shape index (κ2) is 3.93. The summed E-state index contributed by atoms with van der Waals surface area (Å²) in [4.78, 5) is 12.3. The van der Waals surface area contributed by atoms with E-state index >= 15 is 0 Å². The van der Waals surface area contributed by atoms with Crippen molar-refractivity contribution in [1.29, 1.82) is 0 Å². The molecule has 2 aliphatic carbocycles. The van der Waals surface area contributed by atoms with Crippen LogP contribution in [0.2, 0.25) is 0 Å². The molecule has 2 unspecified atom stereocenters. The van der Waals surface area contributed by atoms with Crippen molar-refractivity contribution in [2.24, 2.45) is 10.8 Å². The lowest BCUT2D eigenvalue weighted by Crippen LogP contribution is -2.38. The van der Waals surface area contributed by atoms with Gasteiger partial charge in [0, 0.05) is 7.11 Å². The van der Waals surface area contributed by atoms with Gasteiger partial charge in [-0.2, -0.15) is 0 Å². The summed E-state index contributed by atoms with van der Waals surface area (Å²) in [5, 5.41) is 0. The molecule has 2 rings (SSSR count). The fourth-order valence-corrected chi connectivity index (χ4v) is 3.27. The van der Waals surface area contributed by atoms with Gasteiger partial charge in [0.05, 0.1) is 18.1 Å². The summed E-state index contributed by atoms with van der Waals surface area (Å²) < 4.78 is 16.8. The second-order valence-corrected chi connectivity index (χ2v) is 6.24. The first-order valence-electron chi connectivity index (χ1n) is 6.41. The number of methoxy groups -OCH3 is 2. The first-order chi connectivity index (χ1) is 8.71. The third kappa shape index (κ3) is 1.50. The topological polar surface area (TPSA) is 44.8 Å². The summed E-state index contributed by atoms with van der Waals surface area (Å²) in [5.41, 5.74) is -1.89. The van der Waals surface area contributed by atoms with E-state index < -0.39 is 22.2 Å². The molecule has 0 bridgehead atoms. The van der Waals surface area contributed by atoms with Gasteiger partial charge >= 0.3 is 5.97 Å². The largest absolute Gasteiger partial charge is 0.468 e. The fourth-order valence-electron chi connectivity index (χ4n) is 3.27. The Bertz CT molecular complexity index is 445. The van der Waals surface area contributed by atoms with Crippen molar-refractivity contribution < 1.29 is 19.0 Å². The third-order valence-corrected chi connectivity index (χ3v) is 4.13. The minimum Gasteiger partial charge on any atom is -0.468 e. The molecular weight excluding hydrogens is 244 g/mol. The lowest BCUT2D eigenvalue weighted by molar-refractivity contribution is -0.233. The molecule has 4 nitrogen and oxygen atoms in total. The van der Waals surface area contributed by atoms with Crippen LogP contribution in [0.25, 0.3) is 0 Å². The van der Waals surface area contributed by atoms with Crippen LogP contribution in [0.1, 0.15) is 27.7 Å². The number of rotatable bonds is 3. The van der Waals surface area contributed by atoms with Crippen LogP contribution in [0.3, 0.4) is 0 Å². The van der Waals surface area contributed by atoms with Crippen LogP contribution in [0.15, 0.2) is 24.3 Å². The van der Waals surface area contributed by atoms with Crippen molar-refractivity contribution in [3.8, 4) is 0 Å². The number of carbonyl (C=O) groups is 1. The van der Waals surface area contributed by atoms with E-state index in [9.17, 15) is 4.79 Å². The molecular formula is C15H22O4. The third-order valence-electron chi connectivity index (χ3n) is 4.13. The molecule has 1 spiro atoms. The Morgan fingerprint density at radius 2 is 1.63 bits per heavy atom. The van der Waals surface area contributed by atoms with Gasteiger partial charge in [0.1, 0.15) is 5.41 Å². The zero-order chi connectivity index (χ0) is 14.5. The standard InChI is InChI=1S/C15H22O4/c1-12(2,3)19-15(18-6)13(4,11(16)17-5)14(15)9-7-8-10-14/h7-10H,1-6H3. The smallest absolute Gasteiger partial charge is 0.318 e. The molecule has 2 atom stereocenters. The summed E-state index contributed by atoms with van der Waals surface area (Å²) >= 11 is 0. The highest BCUT2D eigenvalue weighted by atomic mass is 16.7. The summed E-state index contributed by atoms with van der Waals surface area (Å²) in [6, 6.07) is 0. The molecule has 4 heteroatoms. The molecule has 1 fully saturated rings. The number of esters is 1. The summed E-state index contributed by atoms with van der Waals surface area (Å²) in [6.45, 7) is 7.66. The lowest BCUT2D eigenvalue weighted by Gasteiger charge is -2.30. The number of allylic oxidation sites excluding steroid dienone is 2. The normalized spacial score (nSPS) is 34.8. The van der Waals surface area contributed by atoms with Gasteiger partial charge in [0.2, 0.25) is 0 Å². The predicted octanol–water partition coefficient (Wildman–Crippen LogP) is 2.45. The zero-order valence-corrected chi connectivity index (χ0v) is 12.4. The second-order valence-electron chi connectivity index (χ2n) is 6.24. The molecule has 0 amide bonds. The molecule has 1 saturated carbocycles. The fraction of sp³-hybridized carbons (Fsp3) is 0.667. The molecule has 0 radical (unpaired) electrons. The van der Waals surface area contributed by atoms with Gasteiger partial charge in [-0.1, -0.05) is 24.3 Å². The first kappa shape index (κ1) is 14.3. The van der Waals surface area contributed by atoms with Gasteiger partial charge in [-0.25, -0.2) is 0 Å². The number of carbonyl (C=O) groups excluding carboxylic acids is 1. The summed E-state index contributed by atoms with van der Waals surface area (Å²) in [6.07, 6.45) is 7.74. The van der Waals surface area contributed by atoms with Gasteiger partial charge in [-0.05, 0) is 27.7 Å². The minimum atomic E-state index is -1.02. The maximum atomic E-state index is 12.3. The molecule has 0 aliphatic heterocycles. The average Bonchev–Trinajstić information content (AvgIpc) is 2.74. The van der Waals surface area contributed by atoms with Gasteiger partial charge in [0.15, 0.2) is 5.79 Å². The van der Waals surface area contributed by atoms with Crippen LogP contribution < -0.4 is 0 Å². The Morgan fingerprint density at radius 1 is 1.11 bits per heavy atom. The van der Waals surface area contributed by atoms with E-state index in [-0.39, 0.29) is 5.97 Å². The van der Waals surface area contributed by atoms with E-state index in [1.807, 2.05) is 52.0 Å². The lowest BCUT2D eigenvalue weighted by atomic mass is 9.96. The SMILES string of the molecule is COC(=O)C1(C)C2(C=CC=C2)C1(OC)OC(C)(C)C. The maximum absolute atomic E-state index is 12.3. The molecule has 0 aromatic heterocycles. The van der Waals surface area contributed by atoms with Crippen LogP contribution in [-0.2, 0) is 19.0 Å². The van der Waals surface area contributed by atoms with Crippen LogP contribution in [0.5, 0.6) is 0 Å². The van der Waals surface area contributed by atoms with E-state index in [0.29, 0.717) is 0 Å². The van der Waals surface area contributed by atoms with E-state index in [1.165, 1.54) is 7.11 Å². The van der Waals surface area contributed by atoms with Gasteiger partial charge in [0.25, 0.3) is 0 Å². The molecule has 0 aromatic rings. The monoisotopic (exact) mass is 266 g/mol. The van der Waals surface area contributed by atoms with Crippen molar-refractivity contribution in [2.75, 3.05) is 14.2 Å². The number of hydrogen-bond acceptors (Lipinski definition) is 4. The molecule has 0 heterocycles. The number of hydrogen-bond donors (Lipinski definition) is 0. The van der Waals surface area contributed by atoms with Crippen molar-refractivity contribution in [1.82, 2.24) is 0 Å². The van der Waals surface area contributed by atoms with Crippen LogP contribution in [0, 0.1) is 10.8 Å². The van der Waals surface area contributed by atoms with Crippen LogP contribution in [0.4, 0.5) is 0 Å². The summed E-state index contributed by atoms with van der Waals surface area (Å²) in [5.74, 6) is -1.34.